The molecule has 0 spiro atoms. The van der Waals surface area contributed by atoms with Crippen molar-refractivity contribution in [1.82, 2.24) is 24.2 Å². The fourth-order valence-corrected chi connectivity index (χ4v) is 4.46. The zero-order valence-electron chi connectivity index (χ0n) is 18.0. The number of likely N-dealkylation sites (tertiary alicyclic amines) is 1. The average Bonchev–Trinajstić information content (AvgIpc) is 3.37. The number of para-hydroxylation sites is 1. The first-order valence-electron chi connectivity index (χ1n) is 11.0. The van der Waals surface area contributed by atoms with Crippen molar-refractivity contribution in [2.75, 3.05) is 13.1 Å². The number of nitrogens with zero attached hydrogens (tertiary/aromatic N) is 5. The molecule has 7 heteroatoms. The van der Waals surface area contributed by atoms with Gasteiger partial charge in [-0.2, -0.15) is 5.10 Å². The van der Waals surface area contributed by atoms with E-state index in [-0.39, 0.29) is 11.5 Å². The first kappa shape index (κ1) is 20.2. The summed E-state index contributed by atoms with van der Waals surface area (Å²) in [6, 6.07) is 16.9. The summed E-state index contributed by atoms with van der Waals surface area (Å²) in [5, 5.41) is 4.90. The molecule has 32 heavy (non-hydrogen) atoms. The van der Waals surface area contributed by atoms with Gasteiger partial charge < -0.3 is 4.90 Å². The lowest BCUT2D eigenvalue weighted by atomic mass is 9.96. The lowest BCUT2D eigenvalue weighted by molar-refractivity contribution is 0.0682. The summed E-state index contributed by atoms with van der Waals surface area (Å²) < 4.78 is 3.54. The Balaban J connectivity index is 1.27. The van der Waals surface area contributed by atoms with Gasteiger partial charge in [-0.25, -0.2) is 9.67 Å². The van der Waals surface area contributed by atoms with E-state index in [9.17, 15) is 9.59 Å². The molecule has 2 aromatic carbocycles. The van der Waals surface area contributed by atoms with Gasteiger partial charge in [0.05, 0.1) is 16.6 Å². The number of carbonyl (C=O) groups is 1. The highest BCUT2D eigenvalue weighted by atomic mass is 16.2. The van der Waals surface area contributed by atoms with Crippen molar-refractivity contribution in [1.29, 1.82) is 0 Å². The van der Waals surface area contributed by atoms with Gasteiger partial charge in [0.15, 0.2) is 0 Å². The third-order valence-electron chi connectivity index (χ3n) is 6.26. The zero-order valence-corrected chi connectivity index (χ0v) is 18.0. The van der Waals surface area contributed by atoms with Gasteiger partial charge in [-0.1, -0.05) is 18.2 Å². The first-order valence-corrected chi connectivity index (χ1v) is 11.0. The molecule has 1 aliphatic rings. The molecule has 1 saturated heterocycles. The van der Waals surface area contributed by atoms with E-state index < -0.39 is 0 Å². The van der Waals surface area contributed by atoms with Crippen molar-refractivity contribution < 1.29 is 4.79 Å². The summed E-state index contributed by atoms with van der Waals surface area (Å²) in [5.41, 5.74) is 2.29. The number of aromatic nitrogens is 4. The van der Waals surface area contributed by atoms with Crippen molar-refractivity contribution in [3.63, 3.8) is 0 Å². The van der Waals surface area contributed by atoms with E-state index in [0.29, 0.717) is 36.5 Å². The normalized spacial score (nSPS) is 14.7. The highest BCUT2D eigenvalue weighted by Gasteiger charge is 2.25. The lowest BCUT2D eigenvalue weighted by Gasteiger charge is -2.32. The van der Waals surface area contributed by atoms with E-state index in [1.54, 1.807) is 15.4 Å². The second kappa shape index (κ2) is 8.42. The van der Waals surface area contributed by atoms with E-state index >= 15 is 0 Å². The van der Waals surface area contributed by atoms with E-state index in [4.69, 9.17) is 0 Å². The second-order valence-corrected chi connectivity index (χ2v) is 8.33. The molecule has 0 N–H and O–H groups in total. The molecular weight excluding hydrogens is 402 g/mol. The fourth-order valence-electron chi connectivity index (χ4n) is 4.46. The lowest BCUT2D eigenvalue weighted by Crippen LogP contribution is -2.40. The molecule has 5 rings (SSSR count). The average molecular weight is 428 g/mol. The Hall–Kier alpha value is -3.74. The van der Waals surface area contributed by atoms with Gasteiger partial charge in [-0.05, 0) is 62.1 Å². The van der Waals surface area contributed by atoms with Crippen molar-refractivity contribution >= 4 is 16.8 Å². The first-order chi connectivity index (χ1) is 15.6. The van der Waals surface area contributed by atoms with Crippen LogP contribution in [0.1, 0.15) is 29.0 Å². The highest BCUT2D eigenvalue weighted by Crippen LogP contribution is 2.22. The summed E-state index contributed by atoms with van der Waals surface area (Å²) in [5.74, 6) is 1.12. The zero-order chi connectivity index (χ0) is 22.1. The van der Waals surface area contributed by atoms with Crippen LogP contribution in [0.5, 0.6) is 0 Å². The monoisotopic (exact) mass is 427 g/mol. The number of benzene rings is 2. The minimum atomic E-state index is 0.0158. The Kier molecular flexibility index (Phi) is 5.31. The van der Waals surface area contributed by atoms with Crippen LogP contribution in [-0.2, 0) is 6.54 Å². The van der Waals surface area contributed by atoms with Crippen LogP contribution < -0.4 is 5.56 Å². The smallest absolute Gasteiger partial charge is 0.261 e. The van der Waals surface area contributed by atoms with Crippen LogP contribution in [0, 0.1) is 12.8 Å². The number of piperidine rings is 1. The van der Waals surface area contributed by atoms with Gasteiger partial charge in [0.25, 0.3) is 11.5 Å². The van der Waals surface area contributed by atoms with E-state index in [1.165, 1.54) is 0 Å². The molecule has 0 aliphatic carbocycles. The van der Waals surface area contributed by atoms with Crippen molar-refractivity contribution in [3.8, 4) is 5.69 Å². The van der Waals surface area contributed by atoms with Gasteiger partial charge in [0.1, 0.15) is 5.82 Å². The predicted octanol–water partition coefficient (Wildman–Crippen LogP) is 3.44. The SMILES string of the molecule is Cc1nc2ccccc2c(=O)n1CC1CCN(C(=O)c2cccc(-n3cccn3)c2)CC1. The molecule has 2 aromatic heterocycles. The quantitative estimate of drug-likeness (QED) is 0.500. The van der Waals surface area contributed by atoms with Crippen molar-refractivity contribution in [2.45, 2.75) is 26.3 Å². The number of carbonyl (C=O) groups excluding carboxylic acids is 1. The van der Waals surface area contributed by atoms with Crippen LogP contribution >= 0.6 is 0 Å². The van der Waals surface area contributed by atoms with Crippen molar-refractivity contribution in [3.05, 3.63) is 88.7 Å². The number of aryl methyl sites for hydroxylation is 1. The summed E-state index contributed by atoms with van der Waals surface area (Å²) in [7, 11) is 0. The molecule has 0 saturated carbocycles. The topological polar surface area (TPSA) is 73.0 Å². The number of hydrogen-bond donors (Lipinski definition) is 0. The number of amides is 1. The van der Waals surface area contributed by atoms with Gasteiger partial charge >= 0.3 is 0 Å². The molecule has 1 amide bonds. The predicted molar refractivity (Wildman–Crippen MR) is 123 cm³/mol. The summed E-state index contributed by atoms with van der Waals surface area (Å²) in [6.07, 6.45) is 5.31. The molecule has 0 bridgehead atoms. The number of hydrogen-bond acceptors (Lipinski definition) is 4. The summed E-state index contributed by atoms with van der Waals surface area (Å²) in [6.45, 7) is 3.90. The Bertz CT molecular complexity index is 1320. The fraction of sp³-hybridized carbons (Fsp3) is 0.280. The Labute approximate surface area is 185 Å². The molecule has 1 fully saturated rings. The van der Waals surface area contributed by atoms with E-state index in [1.807, 2.05) is 72.6 Å². The van der Waals surface area contributed by atoms with Gasteiger partial charge in [0.2, 0.25) is 0 Å². The molecule has 162 valence electrons. The molecule has 7 nitrogen and oxygen atoms in total. The highest BCUT2D eigenvalue weighted by molar-refractivity contribution is 5.94. The van der Waals surface area contributed by atoms with Crippen LogP contribution in [0.4, 0.5) is 0 Å². The molecule has 0 radical (unpaired) electrons. The third kappa shape index (κ3) is 3.82. The largest absolute Gasteiger partial charge is 0.339 e. The van der Waals surface area contributed by atoms with Crippen LogP contribution in [0.25, 0.3) is 16.6 Å². The Morgan fingerprint density at radius 1 is 1.06 bits per heavy atom. The van der Waals surface area contributed by atoms with Crippen LogP contribution in [-0.4, -0.2) is 43.2 Å². The van der Waals surface area contributed by atoms with Crippen molar-refractivity contribution in [2.24, 2.45) is 5.92 Å². The van der Waals surface area contributed by atoms with Crippen LogP contribution in [0.15, 0.2) is 71.8 Å². The van der Waals surface area contributed by atoms with Gasteiger partial charge in [-0.3, -0.25) is 14.2 Å². The maximum atomic E-state index is 13.1. The maximum absolute atomic E-state index is 13.1. The standard InChI is InChI=1S/C25H25N5O2/c1-18-27-23-9-3-2-8-22(23)25(32)29(18)17-19-10-14-28(15-11-19)24(31)20-6-4-7-21(16-20)30-13-5-12-26-30/h2-9,12-13,16,19H,10-11,14-15,17H2,1H3. The van der Waals surface area contributed by atoms with Crippen LogP contribution in [0.2, 0.25) is 0 Å². The minimum absolute atomic E-state index is 0.0158. The third-order valence-corrected chi connectivity index (χ3v) is 6.26. The molecule has 1 aliphatic heterocycles. The maximum Gasteiger partial charge on any atom is 0.261 e. The molecule has 3 heterocycles. The van der Waals surface area contributed by atoms with E-state index in [0.717, 1.165) is 29.9 Å². The molecular formula is C25H25N5O2. The summed E-state index contributed by atoms with van der Waals surface area (Å²) >= 11 is 0. The Morgan fingerprint density at radius 2 is 1.88 bits per heavy atom. The minimum Gasteiger partial charge on any atom is -0.339 e. The van der Waals surface area contributed by atoms with Gasteiger partial charge in [-0.15, -0.1) is 0 Å². The van der Waals surface area contributed by atoms with Crippen LogP contribution in [0.3, 0.4) is 0 Å². The summed E-state index contributed by atoms with van der Waals surface area (Å²) in [4.78, 5) is 32.5. The second-order valence-electron chi connectivity index (χ2n) is 8.33. The number of rotatable bonds is 4. The molecule has 0 unspecified atom stereocenters. The Morgan fingerprint density at radius 3 is 2.66 bits per heavy atom. The van der Waals surface area contributed by atoms with Gasteiger partial charge in [0, 0.05) is 37.6 Å². The molecule has 4 aromatic rings. The van der Waals surface area contributed by atoms with E-state index in [2.05, 4.69) is 10.1 Å². The molecule has 0 atom stereocenters. The number of fused-ring (bicyclic) bond motifs is 1.